The van der Waals surface area contributed by atoms with E-state index in [1.807, 2.05) is 32.4 Å². The van der Waals surface area contributed by atoms with Crippen molar-refractivity contribution in [3.63, 3.8) is 0 Å². The molecule has 0 atom stereocenters. The van der Waals surface area contributed by atoms with E-state index in [1.165, 1.54) is 24.3 Å². The molecule has 0 aliphatic rings. The van der Waals surface area contributed by atoms with Crippen molar-refractivity contribution < 1.29 is 26.0 Å². The van der Waals surface area contributed by atoms with Crippen LogP contribution < -0.4 is 4.72 Å². The molecule has 0 radical (unpaired) electrons. The Balaban J connectivity index is 2.33. The third-order valence-corrected chi connectivity index (χ3v) is 7.19. The maximum absolute atomic E-state index is 14.0. The van der Waals surface area contributed by atoms with Crippen LogP contribution in [-0.4, -0.2) is 29.0 Å². The van der Waals surface area contributed by atoms with Gasteiger partial charge in [-0.05, 0) is 64.9 Å². The van der Waals surface area contributed by atoms with Crippen LogP contribution in [0.4, 0.5) is 4.39 Å². The van der Waals surface area contributed by atoms with E-state index in [0.717, 1.165) is 18.4 Å². The maximum Gasteiger partial charge on any atom is 0.264 e. The Labute approximate surface area is 177 Å². The third kappa shape index (κ3) is 5.66. The highest BCUT2D eigenvalue weighted by molar-refractivity contribution is 7.91. The second kappa shape index (κ2) is 8.85. The lowest BCUT2D eigenvalue weighted by molar-refractivity contribution is -0.118. The summed E-state index contributed by atoms with van der Waals surface area (Å²) in [4.78, 5) is 12.3. The molecular weight excluding hydrogens is 429 g/mol. The van der Waals surface area contributed by atoms with Crippen molar-refractivity contribution in [3.05, 3.63) is 58.9 Å². The Bertz CT molecular complexity index is 1120. The molecule has 2 aromatic carbocycles. The summed E-state index contributed by atoms with van der Waals surface area (Å²) < 4.78 is 64.2. The fourth-order valence-electron chi connectivity index (χ4n) is 3.19. The van der Waals surface area contributed by atoms with Gasteiger partial charge in [0.2, 0.25) is 5.91 Å². The van der Waals surface area contributed by atoms with E-state index >= 15 is 0 Å². The summed E-state index contributed by atoms with van der Waals surface area (Å²) in [6, 6.07) is 7.34. The minimum Gasteiger partial charge on any atom is -0.274 e. The first-order valence-electron chi connectivity index (χ1n) is 9.40. The molecule has 1 amide bonds. The molecule has 0 fully saturated rings. The normalized spacial score (nSPS) is 12.4. The predicted octanol–water partition coefficient (Wildman–Crippen LogP) is 3.52. The highest BCUT2D eigenvalue weighted by Crippen LogP contribution is 2.29. The Morgan fingerprint density at radius 2 is 1.33 bits per heavy atom. The summed E-state index contributed by atoms with van der Waals surface area (Å²) in [6.07, 6.45) is 0.793. The first-order chi connectivity index (χ1) is 13.7. The van der Waals surface area contributed by atoms with Crippen LogP contribution in [0.15, 0.2) is 46.2 Å². The minimum atomic E-state index is -4.18. The number of carbonyl (C=O) groups excluding carboxylic acids is 1. The van der Waals surface area contributed by atoms with E-state index < -0.39 is 31.6 Å². The molecule has 2 rings (SSSR count). The minimum absolute atomic E-state index is 0.0257. The van der Waals surface area contributed by atoms with Crippen LogP contribution in [0, 0.1) is 5.82 Å². The Kier molecular flexibility index (Phi) is 7.08. The van der Waals surface area contributed by atoms with Gasteiger partial charge in [0.25, 0.3) is 10.0 Å². The standard InChI is InChI=1S/C21H26FNO5S2/c1-13(2)18-10-15(22)11-19(14(3)4)20(18)12-21(24)23-30(27,28)17-8-6-16(7-9-17)29(5,25)26/h6-11,13-14H,12H2,1-5H3,(H,23,24). The van der Waals surface area contributed by atoms with E-state index in [0.29, 0.717) is 16.7 Å². The molecule has 0 spiro atoms. The number of hydrogen-bond donors (Lipinski definition) is 1. The van der Waals surface area contributed by atoms with Crippen molar-refractivity contribution in [2.45, 2.75) is 55.7 Å². The highest BCUT2D eigenvalue weighted by atomic mass is 32.2. The first-order valence-corrected chi connectivity index (χ1v) is 12.8. The van der Waals surface area contributed by atoms with Crippen LogP contribution in [0.3, 0.4) is 0 Å². The van der Waals surface area contributed by atoms with E-state index in [1.54, 1.807) is 0 Å². The number of carbonyl (C=O) groups is 1. The number of sulfone groups is 1. The fourth-order valence-corrected chi connectivity index (χ4v) is 4.80. The molecule has 0 heterocycles. The lowest BCUT2D eigenvalue weighted by Gasteiger charge is -2.20. The number of nitrogens with one attached hydrogen (secondary N) is 1. The second-order valence-corrected chi connectivity index (χ2v) is 11.5. The summed E-state index contributed by atoms with van der Waals surface area (Å²) in [5.74, 6) is -1.26. The number of hydrogen-bond acceptors (Lipinski definition) is 5. The number of amides is 1. The molecule has 0 saturated carbocycles. The van der Waals surface area contributed by atoms with Crippen molar-refractivity contribution in [2.24, 2.45) is 0 Å². The van der Waals surface area contributed by atoms with Crippen molar-refractivity contribution in [2.75, 3.05) is 6.26 Å². The molecule has 6 nitrogen and oxygen atoms in total. The lowest BCUT2D eigenvalue weighted by Crippen LogP contribution is -2.32. The van der Waals surface area contributed by atoms with Crippen molar-refractivity contribution in [3.8, 4) is 0 Å². The molecule has 2 aromatic rings. The SMILES string of the molecule is CC(C)c1cc(F)cc(C(C)C)c1CC(=O)NS(=O)(=O)c1ccc(S(C)(=O)=O)cc1. The molecule has 164 valence electrons. The second-order valence-electron chi connectivity index (χ2n) is 7.82. The van der Waals surface area contributed by atoms with Gasteiger partial charge in [-0.1, -0.05) is 27.7 Å². The van der Waals surface area contributed by atoms with Crippen molar-refractivity contribution in [1.29, 1.82) is 0 Å². The highest BCUT2D eigenvalue weighted by Gasteiger charge is 2.22. The smallest absolute Gasteiger partial charge is 0.264 e. The molecule has 1 N–H and O–H groups in total. The van der Waals surface area contributed by atoms with E-state index in [2.05, 4.69) is 0 Å². The van der Waals surface area contributed by atoms with Crippen molar-refractivity contribution >= 4 is 25.8 Å². The van der Waals surface area contributed by atoms with Crippen LogP contribution in [0.5, 0.6) is 0 Å². The van der Waals surface area contributed by atoms with Gasteiger partial charge >= 0.3 is 0 Å². The van der Waals surface area contributed by atoms with Gasteiger partial charge in [0.1, 0.15) is 5.82 Å². The summed E-state index contributed by atoms with van der Waals surface area (Å²) in [5, 5.41) is 0. The van der Waals surface area contributed by atoms with Crippen molar-refractivity contribution in [1.82, 2.24) is 4.72 Å². The Morgan fingerprint density at radius 3 is 1.73 bits per heavy atom. The summed E-state index contributed by atoms with van der Waals surface area (Å²) in [6.45, 7) is 7.50. The van der Waals surface area contributed by atoms with Crippen LogP contribution in [0.25, 0.3) is 0 Å². The lowest BCUT2D eigenvalue weighted by atomic mass is 9.87. The first kappa shape index (κ1) is 24.0. The predicted molar refractivity (Wildman–Crippen MR) is 113 cm³/mol. The molecular formula is C21H26FNO5S2. The summed E-state index contributed by atoms with van der Waals surface area (Å²) in [5.41, 5.74) is 1.93. The fraction of sp³-hybridized carbons (Fsp3) is 0.381. The van der Waals surface area contributed by atoms with E-state index in [4.69, 9.17) is 0 Å². The van der Waals surface area contributed by atoms with Crippen LogP contribution >= 0.6 is 0 Å². The largest absolute Gasteiger partial charge is 0.274 e. The molecule has 0 aliphatic heterocycles. The van der Waals surface area contributed by atoms with Gasteiger partial charge in [0.05, 0.1) is 16.2 Å². The number of benzene rings is 2. The maximum atomic E-state index is 14.0. The van der Waals surface area contributed by atoms with Gasteiger partial charge in [-0.15, -0.1) is 0 Å². The van der Waals surface area contributed by atoms with Crippen LogP contribution in [-0.2, 0) is 31.1 Å². The summed E-state index contributed by atoms with van der Waals surface area (Å²) in [7, 11) is -7.66. The molecule has 0 bridgehead atoms. The zero-order valence-corrected chi connectivity index (χ0v) is 19.2. The third-order valence-electron chi connectivity index (χ3n) is 4.68. The van der Waals surface area contributed by atoms with Gasteiger partial charge in [-0.3, -0.25) is 4.79 Å². The molecule has 0 aliphatic carbocycles. The van der Waals surface area contributed by atoms with Gasteiger partial charge in [-0.2, -0.15) is 0 Å². The van der Waals surface area contributed by atoms with Gasteiger partial charge in [0.15, 0.2) is 9.84 Å². The Hall–Kier alpha value is -2.26. The average Bonchev–Trinajstić information content (AvgIpc) is 2.61. The monoisotopic (exact) mass is 455 g/mol. The Morgan fingerprint density at radius 1 is 0.900 bits per heavy atom. The topological polar surface area (TPSA) is 97.4 Å². The molecule has 30 heavy (non-hydrogen) atoms. The van der Waals surface area contributed by atoms with Crippen LogP contribution in [0.2, 0.25) is 0 Å². The van der Waals surface area contributed by atoms with E-state index in [9.17, 15) is 26.0 Å². The van der Waals surface area contributed by atoms with Crippen LogP contribution in [0.1, 0.15) is 56.2 Å². The zero-order valence-electron chi connectivity index (χ0n) is 17.6. The molecule has 0 unspecified atom stereocenters. The number of sulfonamides is 1. The number of rotatable bonds is 7. The molecule has 9 heteroatoms. The van der Waals surface area contributed by atoms with E-state index in [-0.39, 0.29) is 28.0 Å². The van der Waals surface area contributed by atoms with Gasteiger partial charge in [0, 0.05) is 6.26 Å². The van der Waals surface area contributed by atoms with Gasteiger partial charge < -0.3 is 0 Å². The van der Waals surface area contributed by atoms with Gasteiger partial charge in [-0.25, -0.2) is 25.9 Å². The summed E-state index contributed by atoms with van der Waals surface area (Å²) >= 11 is 0. The average molecular weight is 456 g/mol. The zero-order chi connectivity index (χ0) is 22.9. The molecule has 0 aromatic heterocycles. The molecule has 0 saturated heterocycles. The quantitative estimate of drug-likeness (QED) is 0.689. The number of halogens is 1.